The van der Waals surface area contributed by atoms with Gasteiger partial charge in [-0.1, -0.05) is 0 Å². The van der Waals surface area contributed by atoms with Crippen molar-refractivity contribution < 1.29 is 11.3 Å². The van der Waals surface area contributed by atoms with Crippen LogP contribution in [0, 0.1) is 0 Å². The van der Waals surface area contributed by atoms with Crippen molar-refractivity contribution in [3.05, 3.63) is 0 Å². The van der Waals surface area contributed by atoms with Crippen LogP contribution in [-0.4, -0.2) is 30.7 Å². The third kappa shape index (κ3) is 1.90. The summed E-state index contributed by atoms with van der Waals surface area (Å²) in [5, 5.41) is 10.8. The van der Waals surface area contributed by atoms with Crippen LogP contribution in [0.15, 0.2) is 0 Å². The molecule has 0 aromatic heterocycles. The highest BCUT2D eigenvalue weighted by Crippen LogP contribution is 1.74. The van der Waals surface area contributed by atoms with Gasteiger partial charge in [0.25, 0.3) is 0 Å². The lowest BCUT2D eigenvalue weighted by atomic mass is 10.3. The first-order valence-electron chi connectivity index (χ1n) is 2.75. The van der Waals surface area contributed by atoms with E-state index >= 15 is 0 Å². The first kappa shape index (κ1) is 5.53. The standard InChI is InChI=1S/C4H10N2O2/c1-6-4(8)3(7)2-5/h3,7H,2,5H2,1H3,(H,6,8)/i2D/t2-,3?/m0/s1. The molecule has 0 aromatic carbocycles. The molecule has 0 rings (SSSR count). The zero-order valence-corrected chi connectivity index (χ0v) is 4.59. The molecule has 0 spiro atoms. The second kappa shape index (κ2) is 3.40. The van der Waals surface area contributed by atoms with Crippen LogP contribution in [0.2, 0.25) is 0 Å². The number of aliphatic hydroxyl groups excluding tert-OH is 1. The van der Waals surface area contributed by atoms with Crippen LogP contribution in [0.1, 0.15) is 1.37 Å². The molecule has 0 fully saturated rings. The lowest BCUT2D eigenvalue weighted by molar-refractivity contribution is -0.128. The molecule has 0 bridgehead atoms. The van der Waals surface area contributed by atoms with Crippen molar-refractivity contribution in [2.45, 2.75) is 6.10 Å². The zero-order valence-electron chi connectivity index (χ0n) is 5.59. The Labute approximate surface area is 49.1 Å². The van der Waals surface area contributed by atoms with Gasteiger partial charge in [0.2, 0.25) is 5.91 Å². The summed E-state index contributed by atoms with van der Waals surface area (Å²) in [5.74, 6) is -0.627. The quantitative estimate of drug-likeness (QED) is 0.395. The van der Waals surface area contributed by atoms with E-state index in [1.807, 2.05) is 0 Å². The van der Waals surface area contributed by atoms with Gasteiger partial charge < -0.3 is 16.2 Å². The fourth-order valence-corrected chi connectivity index (χ4v) is 0.235. The average Bonchev–Trinajstić information content (AvgIpc) is 1.84. The molecule has 1 amide bonds. The number of hydrogen-bond acceptors (Lipinski definition) is 3. The van der Waals surface area contributed by atoms with Gasteiger partial charge >= 0.3 is 0 Å². The average molecular weight is 119 g/mol. The molecule has 4 heteroatoms. The minimum atomic E-state index is -1.42. The van der Waals surface area contributed by atoms with Crippen molar-refractivity contribution in [2.75, 3.05) is 13.6 Å². The van der Waals surface area contributed by atoms with Gasteiger partial charge in [-0.3, -0.25) is 4.79 Å². The molecule has 0 saturated carbocycles. The summed E-state index contributed by atoms with van der Waals surface area (Å²) in [6, 6.07) is 0. The fourth-order valence-electron chi connectivity index (χ4n) is 0.235. The van der Waals surface area contributed by atoms with Gasteiger partial charge in [0.1, 0.15) is 6.10 Å². The predicted octanol–water partition coefficient (Wildman–Crippen LogP) is -1.95. The number of carbonyl (C=O) groups excluding carboxylic acids is 1. The van der Waals surface area contributed by atoms with Crippen molar-refractivity contribution >= 4 is 5.91 Å². The summed E-state index contributed by atoms with van der Waals surface area (Å²) in [7, 11) is 1.37. The summed E-state index contributed by atoms with van der Waals surface area (Å²) in [6.07, 6.45) is -1.42. The number of likely N-dealkylation sites (N-methyl/N-ethyl adjacent to an activating group) is 1. The van der Waals surface area contributed by atoms with Crippen LogP contribution < -0.4 is 11.1 Å². The minimum Gasteiger partial charge on any atom is -0.382 e. The van der Waals surface area contributed by atoms with E-state index in [0.717, 1.165) is 0 Å². The van der Waals surface area contributed by atoms with E-state index in [9.17, 15) is 4.79 Å². The number of nitrogens with one attached hydrogen (secondary N) is 1. The molecule has 0 aliphatic carbocycles. The third-order valence-electron chi connectivity index (χ3n) is 0.697. The van der Waals surface area contributed by atoms with E-state index in [4.69, 9.17) is 12.2 Å². The molecule has 1 unspecified atom stereocenters. The first-order chi connectivity index (χ1) is 4.09. The van der Waals surface area contributed by atoms with Crippen molar-refractivity contribution in [3.8, 4) is 0 Å². The van der Waals surface area contributed by atoms with E-state index in [2.05, 4.69) is 5.32 Å². The number of carbonyl (C=O) groups is 1. The van der Waals surface area contributed by atoms with Crippen LogP contribution in [0.3, 0.4) is 0 Å². The molecule has 0 radical (unpaired) electrons. The maximum absolute atomic E-state index is 10.4. The van der Waals surface area contributed by atoms with E-state index in [0.29, 0.717) is 0 Å². The van der Waals surface area contributed by atoms with Gasteiger partial charge in [-0.05, 0) is 0 Å². The summed E-state index contributed by atoms with van der Waals surface area (Å²) in [6.45, 7) is -1.26. The Hall–Kier alpha value is -0.610. The van der Waals surface area contributed by atoms with Gasteiger partial charge in [0, 0.05) is 14.9 Å². The lowest BCUT2D eigenvalue weighted by Gasteiger charge is -2.02. The van der Waals surface area contributed by atoms with Crippen LogP contribution in [0.4, 0.5) is 0 Å². The molecule has 0 aliphatic heterocycles. The summed E-state index contributed by atoms with van der Waals surface area (Å²) in [4.78, 5) is 10.4. The van der Waals surface area contributed by atoms with Gasteiger partial charge in [0.05, 0.1) is 0 Å². The molecular weight excluding hydrogens is 108 g/mol. The molecule has 0 saturated heterocycles. The summed E-state index contributed by atoms with van der Waals surface area (Å²) >= 11 is 0. The lowest BCUT2D eigenvalue weighted by Crippen LogP contribution is -2.37. The molecule has 4 nitrogen and oxygen atoms in total. The highest BCUT2D eigenvalue weighted by molar-refractivity contribution is 5.80. The van der Waals surface area contributed by atoms with Crippen LogP contribution in [-0.2, 0) is 4.79 Å². The highest BCUT2D eigenvalue weighted by atomic mass is 16.3. The Morgan fingerprint density at radius 2 is 2.75 bits per heavy atom. The molecule has 8 heavy (non-hydrogen) atoms. The third-order valence-corrected chi connectivity index (χ3v) is 0.697. The van der Waals surface area contributed by atoms with Crippen LogP contribution >= 0.6 is 0 Å². The normalized spacial score (nSPS) is 18.6. The van der Waals surface area contributed by atoms with Gasteiger partial charge in [-0.15, -0.1) is 0 Å². The Morgan fingerprint density at radius 3 is 2.88 bits per heavy atom. The number of nitrogens with two attached hydrogens (primary N) is 1. The molecule has 0 aliphatic rings. The maximum Gasteiger partial charge on any atom is 0.249 e. The Kier molecular flexibility index (Phi) is 2.35. The monoisotopic (exact) mass is 119 g/mol. The van der Waals surface area contributed by atoms with Crippen LogP contribution in [0.25, 0.3) is 0 Å². The molecule has 48 valence electrons. The number of hydrogen-bond donors (Lipinski definition) is 3. The van der Waals surface area contributed by atoms with E-state index in [1.165, 1.54) is 7.05 Å². The zero-order chi connectivity index (χ0) is 7.44. The molecule has 2 atom stereocenters. The Bertz CT molecular complexity index is 107. The van der Waals surface area contributed by atoms with Crippen molar-refractivity contribution in [1.29, 1.82) is 0 Å². The number of rotatable bonds is 2. The first-order valence-corrected chi connectivity index (χ1v) is 2.17. The predicted molar refractivity (Wildman–Crippen MR) is 29.1 cm³/mol. The van der Waals surface area contributed by atoms with Crippen LogP contribution in [0.5, 0.6) is 0 Å². The maximum atomic E-state index is 10.4. The smallest absolute Gasteiger partial charge is 0.249 e. The van der Waals surface area contributed by atoms with E-state index < -0.39 is 18.5 Å². The molecule has 0 heterocycles. The molecule has 4 N–H and O–H groups in total. The van der Waals surface area contributed by atoms with E-state index in [1.54, 1.807) is 0 Å². The van der Waals surface area contributed by atoms with Crippen molar-refractivity contribution in [1.82, 2.24) is 5.32 Å². The highest BCUT2D eigenvalue weighted by Gasteiger charge is 2.08. The number of amides is 1. The largest absolute Gasteiger partial charge is 0.382 e. The van der Waals surface area contributed by atoms with Gasteiger partial charge in [-0.25, -0.2) is 0 Å². The Morgan fingerprint density at radius 1 is 2.25 bits per heavy atom. The molecule has 0 aromatic rings. The van der Waals surface area contributed by atoms with Crippen molar-refractivity contribution in [3.63, 3.8) is 0 Å². The SMILES string of the molecule is [2H][C@H](N)C(O)C(=O)NC. The second-order valence-corrected chi connectivity index (χ2v) is 1.25. The van der Waals surface area contributed by atoms with E-state index in [-0.39, 0.29) is 0 Å². The van der Waals surface area contributed by atoms with Gasteiger partial charge in [0.15, 0.2) is 0 Å². The minimum absolute atomic E-state index is 0.627. The topological polar surface area (TPSA) is 75.3 Å². The molecular formula is C4H10N2O2. The summed E-state index contributed by atoms with van der Waals surface area (Å²) < 4.78 is 6.68. The summed E-state index contributed by atoms with van der Waals surface area (Å²) in [5.41, 5.74) is 4.87. The number of aliphatic hydroxyl groups is 1. The second-order valence-electron chi connectivity index (χ2n) is 1.25. The fraction of sp³-hybridized carbons (Fsp3) is 0.750. The van der Waals surface area contributed by atoms with Crippen molar-refractivity contribution in [2.24, 2.45) is 5.73 Å². The Balaban J connectivity index is 3.72. The van der Waals surface area contributed by atoms with Gasteiger partial charge in [-0.2, -0.15) is 0 Å².